The van der Waals surface area contributed by atoms with Crippen LogP contribution in [0.15, 0.2) is 36.4 Å². The lowest BCUT2D eigenvalue weighted by Gasteiger charge is -2.16. The molecule has 0 atom stereocenters. The second kappa shape index (κ2) is 7.68. The molecule has 4 heteroatoms. The molecule has 2 rings (SSSR count). The van der Waals surface area contributed by atoms with Crippen molar-refractivity contribution < 1.29 is 14.3 Å². The second-order valence-corrected chi connectivity index (χ2v) is 5.18. The maximum Gasteiger partial charge on any atom is 0.259 e. The summed E-state index contributed by atoms with van der Waals surface area (Å²) in [6.07, 6.45) is 1.73. The first-order valence-electron chi connectivity index (χ1n) is 7.78. The van der Waals surface area contributed by atoms with Crippen molar-refractivity contribution in [3.63, 3.8) is 0 Å². The minimum Gasteiger partial charge on any atom is -0.497 e. The summed E-state index contributed by atoms with van der Waals surface area (Å²) in [6, 6.07) is 11.3. The van der Waals surface area contributed by atoms with E-state index in [2.05, 4.69) is 19.2 Å². The highest BCUT2D eigenvalue weighted by Gasteiger charge is 2.16. The number of benzene rings is 2. The number of ether oxygens (including phenoxy) is 2. The van der Waals surface area contributed by atoms with Crippen LogP contribution in [0.1, 0.15) is 35.3 Å². The number of amides is 1. The predicted octanol–water partition coefficient (Wildman–Crippen LogP) is 4.08. The van der Waals surface area contributed by atoms with E-state index in [-0.39, 0.29) is 5.91 Å². The van der Waals surface area contributed by atoms with E-state index in [1.54, 1.807) is 32.4 Å². The molecule has 0 saturated carbocycles. The Bertz CT molecular complexity index is 673. The van der Waals surface area contributed by atoms with Crippen molar-refractivity contribution in [2.24, 2.45) is 0 Å². The van der Waals surface area contributed by atoms with Gasteiger partial charge < -0.3 is 14.8 Å². The van der Waals surface area contributed by atoms with E-state index in [0.717, 1.165) is 29.7 Å². The number of aryl methyl sites for hydroxylation is 2. The third-order valence-corrected chi connectivity index (χ3v) is 3.89. The van der Waals surface area contributed by atoms with Crippen LogP contribution in [-0.2, 0) is 12.8 Å². The molecule has 0 saturated heterocycles. The van der Waals surface area contributed by atoms with E-state index in [9.17, 15) is 4.79 Å². The van der Waals surface area contributed by atoms with Gasteiger partial charge in [-0.25, -0.2) is 0 Å². The van der Waals surface area contributed by atoms with Gasteiger partial charge in [0.1, 0.15) is 11.5 Å². The third-order valence-electron chi connectivity index (χ3n) is 3.89. The molecule has 0 unspecified atom stereocenters. The molecule has 0 bridgehead atoms. The lowest BCUT2D eigenvalue weighted by Crippen LogP contribution is -2.16. The summed E-state index contributed by atoms with van der Waals surface area (Å²) >= 11 is 0. The summed E-state index contributed by atoms with van der Waals surface area (Å²) < 4.78 is 10.5. The van der Waals surface area contributed by atoms with Gasteiger partial charge in [0.05, 0.1) is 19.8 Å². The number of nitrogens with one attached hydrogen (secondary N) is 1. The van der Waals surface area contributed by atoms with Crippen LogP contribution >= 0.6 is 0 Å². The fourth-order valence-corrected chi connectivity index (χ4v) is 2.57. The number of hydrogen-bond acceptors (Lipinski definition) is 3. The molecule has 23 heavy (non-hydrogen) atoms. The molecule has 1 N–H and O–H groups in total. The zero-order valence-corrected chi connectivity index (χ0v) is 14.1. The molecule has 0 radical (unpaired) electrons. The van der Waals surface area contributed by atoms with Crippen molar-refractivity contribution in [3.05, 3.63) is 53.1 Å². The van der Waals surface area contributed by atoms with Crippen molar-refractivity contribution in [2.75, 3.05) is 19.5 Å². The average molecular weight is 313 g/mol. The molecule has 0 aromatic heterocycles. The molecule has 0 aliphatic heterocycles. The summed E-state index contributed by atoms with van der Waals surface area (Å²) in [7, 11) is 3.13. The van der Waals surface area contributed by atoms with Crippen molar-refractivity contribution in [2.45, 2.75) is 26.7 Å². The number of anilines is 1. The lowest BCUT2D eigenvalue weighted by atomic mass is 10.0. The maximum atomic E-state index is 12.7. The lowest BCUT2D eigenvalue weighted by molar-refractivity contribution is 0.102. The predicted molar refractivity (Wildman–Crippen MR) is 92.7 cm³/mol. The van der Waals surface area contributed by atoms with E-state index >= 15 is 0 Å². The Morgan fingerprint density at radius 2 is 1.65 bits per heavy atom. The van der Waals surface area contributed by atoms with E-state index in [0.29, 0.717) is 17.1 Å². The van der Waals surface area contributed by atoms with Gasteiger partial charge in [0.25, 0.3) is 5.91 Å². The number of methoxy groups -OCH3 is 2. The van der Waals surface area contributed by atoms with Crippen LogP contribution in [0.5, 0.6) is 11.5 Å². The van der Waals surface area contributed by atoms with Gasteiger partial charge in [0.2, 0.25) is 0 Å². The Labute approximate surface area is 137 Å². The van der Waals surface area contributed by atoms with Crippen LogP contribution in [-0.4, -0.2) is 20.1 Å². The normalized spacial score (nSPS) is 10.3. The molecule has 0 aliphatic rings. The van der Waals surface area contributed by atoms with Crippen LogP contribution < -0.4 is 14.8 Å². The molecule has 4 nitrogen and oxygen atoms in total. The van der Waals surface area contributed by atoms with Crippen LogP contribution in [0.25, 0.3) is 0 Å². The Morgan fingerprint density at radius 3 is 2.17 bits per heavy atom. The molecule has 1 amide bonds. The maximum absolute atomic E-state index is 12.7. The summed E-state index contributed by atoms with van der Waals surface area (Å²) in [5.74, 6) is 0.968. The zero-order chi connectivity index (χ0) is 16.8. The Kier molecular flexibility index (Phi) is 5.63. The summed E-state index contributed by atoms with van der Waals surface area (Å²) in [4.78, 5) is 12.7. The molecule has 122 valence electrons. The van der Waals surface area contributed by atoms with Gasteiger partial charge in [-0.15, -0.1) is 0 Å². The zero-order valence-electron chi connectivity index (χ0n) is 14.1. The molecule has 0 aliphatic carbocycles. The quantitative estimate of drug-likeness (QED) is 0.874. The van der Waals surface area contributed by atoms with E-state index < -0.39 is 0 Å². The first kappa shape index (κ1) is 16.9. The number of carbonyl (C=O) groups is 1. The number of carbonyl (C=O) groups excluding carboxylic acids is 1. The molecule has 2 aromatic carbocycles. The minimum absolute atomic E-state index is 0.180. The Hall–Kier alpha value is -2.49. The van der Waals surface area contributed by atoms with E-state index in [4.69, 9.17) is 9.47 Å². The number of para-hydroxylation sites is 1. The van der Waals surface area contributed by atoms with Gasteiger partial charge in [-0.1, -0.05) is 32.0 Å². The van der Waals surface area contributed by atoms with E-state index in [1.807, 2.05) is 18.2 Å². The van der Waals surface area contributed by atoms with Gasteiger partial charge in [-0.3, -0.25) is 4.79 Å². The summed E-state index contributed by atoms with van der Waals surface area (Å²) in [6.45, 7) is 4.16. The van der Waals surface area contributed by atoms with Gasteiger partial charge in [-0.05, 0) is 36.1 Å². The van der Waals surface area contributed by atoms with Gasteiger partial charge in [0.15, 0.2) is 0 Å². The topological polar surface area (TPSA) is 47.6 Å². The van der Waals surface area contributed by atoms with Crippen LogP contribution in [0, 0.1) is 0 Å². The summed E-state index contributed by atoms with van der Waals surface area (Å²) in [5.41, 5.74) is 3.65. The SMILES string of the molecule is CCc1cccc(CC)c1NC(=O)c1ccc(OC)cc1OC. The number of hydrogen-bond donors (Lipinski definition) is 1. The fraction of sp³-hybridized carbons (Fsp3) is 0.316. The Balaban J connectivity index is 2.36. The third kappa shape index (κ3) is 3.65. The minimum atomic E-state index is -0.180. The Morgan fingerprint density at radius 1 is 1.00 bits per heavy atom. The standard InChI is InChI=1S/C19H23NO3/c1-5-13-8-7-9-14(6-2)18(13)20-19(21)16-11-10-15(22-3)12-17(16)23-4/h7-12H,5-6H2,1-4H3,(H,20,21). The van der Waals surface area contributed by atoms with Gasteiger partial charge in [-0.2, -0.15) is 0 Å². The first-order valence-corrected chi connectivity index (χ1v) is 7.78. The molecular weight excluding hydrogens is 290 g/mol. The molecule has 2 aromatic rings. The van der Waals surface area contributed by atoms with Crippen molar-refractivity contribution in [1.82, 2.24) is 0 Å². The van der Waals surface area contributed by atoms with Gasteiger partial charge in [0, 0.05) is 11.8 Å². The van der Waals surface area contributed by atoms with Crippen molar-refractivity contribution >= 4 is 11.6 Å². The summed E-state index contributed by atoms with van der Waals surface area (Å²) in [5, 5.41) is 3.05. The molecule has 0 heterocycles. The van der Waals surface area contributed by atoms with Crippen LogP contribution in [0.3, 0.4) is 0 Å². The monoisotopic (exact) mass is 313 g/mol. The molecule has 0 fully saturated rings. The first-order chi connectivity index (χ1) is 11.1. The second-order valence-electron chi connectivity index (χ2n) is 5.18. The molecular formula is C19H23NO3. The van der Waals surface area contributed by atoms with Crippen LogP contribution in [0.2, 0.25) is 0 Å². The highest BCUT2D eigenvalue weighted by atomic mass is 16.5. The van der Waals surface area contributed by atoms with Crippen molar-refractivity contribution in [1.29, 1.82) is 0 Å². The number of rotatable bonds is 6. The fourth-order valence-electron chi connectivity index (χ4n) is 2.57. The van der Waals surface area contributed by atoms with E-state index in [1.165, 1.54) is 0 Å². The van der Waals surface area contributed by atoms with Gasteiger partial charge >= 0.3 is 0 Å². The highest BCUT2D eigenvalue weighted by molar-refractivity contribution is 6.07. The molecule has 0 spiro atoms. The van der Waals surface area contributed by atoms with Crippen molar-refractivity contribution in [3.8, 4) is 11.5 Å². The average Bonchev–Trinajstić information content (AvgIpc) is 2.61. The highest BCUT2D eigenvalue weighted by Crippen LogP contribution is 2.27. The smallest absolute Gasteiger partial charge is 0.259 e. The van der Waals surface area contributed by atoms with Crippen LogP contribution in [0.4, 0.5) is 5.69 Å². The largest absolute Gasteiger partial charge is 0.497 e.